The van der Waals surface area contributed by atoms with Crippen LogP contribution in [0.2, 0.25) is 0 Å². The predicted octanol–water partition coefficient (Wildman–Crippen LogP) is 4.71. The van der Waals surface area contributed by atoms with E-state index in [0.29, 0.717) is 6.61 Å². The summed E-state index contributed by atoms with van der Waals surface area (Å²) in [7, 11) is 0. The summed E-state index contributed by atoms with van der Waals surface area (Å²) in [6.07, 6.45) is 0. The van der Waals surface area contributed by atoms with Crippen molar-refractivity contribution < 1.29 is 9.13 Å². The van der Waals surface area contributed by atoms with E-state index in [1.165, 1.54) is 12.1 Å². The van der Waals surface area contributed by atoms with E-state index in [1.54, 1.807) is 6.07 Å². The van der Waals surface area contributed by atoms with Gasteiger partial charge in [-0.1, -0.05) is 24.3 Å². The highest BCUT2D eigenvalue weighted by molar-refractivity contribution is 5.53. The summed E-state index contributed by atoms with van der Waals surface area (Å²) >= 11 is 0. The summed E-state index contributed by atoms with van der Waals surface area (Å²) in [6, 6.07) is 12.7. The molecule has 3 heteroatoms. The quantitative estimate of drug-likeness (QED) is 0.852. The zero-order valence-electron chi connectivity index (χ0n) is 12.1. The highest BCUT2D eigenvalue weighted by Gasteiger charge is 2.12. The van der Waals surface area contributed by atoms with Gasteiger partial charge in [-0.05, 0) is 44.5 Å². The van der Waals surface area contributed by atoms with Crippen molar-refractivity contribution in [3.63, 3.8) is 0 Å². The molecule has 0 bridgehead atoms. The second kappa shape index (κ2) is 6.42. The van der Waals surface area contributed by atoms with Crippen molar-refractivity contribution in [1.29, 1.82) is 0 Å². The lowest BCUT2D eigenvalue weighted by molar-refractivity contribution is 0.335. The molecule has 2 aromatic carbocycles. The molecule has 0 amide bonds. The number of rotatable bonds is 5. The number of hydrogen-bond acceptors (Lipinski definition) is 2. The Labute approximate surface area is 119 Å². The first-order chi connectivity index (χ1) is 9.61. The number of para-hydroxylation sites is 1. The maximum atomic E-state index is 13.3. The van der Waals surface area contributed by atoms with Gasteiger partial charge < -0.3 is 10.1 Å². The minimum atomic E-state index is -0.233. The molecular weight excluding hydrogens is 253 g/mol. The van der Waals surface area contributed by atoms with Crippen molar-refractivity contribution in [2.45, 2.75) is 26.8 Å². The molecule has 1 N–H and O–H groups in total. The predicted molar refractivity (Wildman–Crippen MR) is 80.8 cm³/mol. The van der Waals surface area contributed by atoms with Gasteiger partial charge in [0.15, 0.2) is 0 Å². The molecule has 2 rings (SSSR count). The van der Waals surface area contributed by atoms with E-state index in [4.69, 9.17) is 4.74 Å². The Balaban J connectivity index is 2.23. The number of anilines is 1. The third-order valence-electron chi connectivity index (χ3n) is 3.26. The van der Waals surface area contributed by atoms with Crippen molar-refractivity contribution >= 4 is 5.69 Å². The van der Waals surface area contributed by atoms with Crippen molar-refractivity contribution in [3.05, 3.63) is 59.4 Å². The molecule has 20 heavy (non-hydrogen) atoms. The maximum Gasteiger partial charge on any atom is 0.125 e. The average molecular weight is 273 g/mol. The highest BCUT2D eigenvalue weighted by atomic mass is 19.1. The lowest BCUT2D eigenvalue weighted by Gasteiger charge is -2.20. The van der Waals surface area contributed by atoms with Crippen LogP contribution in [0.15, 0.2) is 42.5 Å². The van der Waals surface area contributed by atoms with Crippen LogP contribution in [0.5, 0.6) is 5.75 Å². The number of nitrogens with one attached hydrogen (secondary N) is 1. The Morgan fingerprint density at radius 2 is 1.95 bits per heavy atom. The summed E-state index contributed by atoms with van der Waals surface area (Å²) in [6.45, 7) is 6.60. The average Bonchev–Trinajstić information content (AvgIpc) is 2.44. The van der Waals surface area contributed by atoms with E-state index in [2.05, 4.69) is 5.32 Å². The van der Waals surface area contributed by atoms with Gasteiger partial charge in [-0.15, -0.1) is 0 Å². The summed E-state index contributed by atoms with van der Waals surface area (Å²) < 4.78 is 19.0. The van der Waals surface area contributed by atoms with Crippen molar-refractivity contribution in [2.75, 3.05) is 11.9 Å². The molecule has 0 aromatic heterocycles. The van der Waals surface area contributed by atoms with Crippen LogP contribution in [0.4, 0.5) is 10.1 Å². The number of hydrogen-bond donors (Lipinski definition) is 1. The summed E-state index contributed by atoms with van der Waals surface area (Å²) in [5.74, 6) is 0.632. The second-order valence-electron chi connectivity index (χ2n) is 4.80. The van der Waals surface area contributed by atoms with E-state index in [9.17, 15) is 4.39 Å². The summed E-state index contributed by atoms with van der Waals surface area (Å²) in [4.78, 5) is 0. The van der Waals surface area contributed by atoms with Crippen molar-refractivity contribution in [1.82, 2.24) is 0 Å². The van der Waals surface area contributed by atoms with E-state index in [0.717, 1.165) is 22.6 Å². The normalized spacial score (nSPS) is 12.0. The third kappa shape index (κ3) is 3.29. The first kappa shape index (κ1) is 14.4. The molecule has 2 nitrogen and oxygen atoms in total. The third-order valence-corrected chi connectivity index (χ3v) is 3.26. The fourth-order valence-corrected chi connectivity index (χ4v) is 2.19. The lowest BCUT2D eigenvalue weighted by Crippen LogP contribution is -2.10. The largest absolute Gasteiger partial charge is 0.494 e. The standard InChI is InChI=1S/C17H20FNO/c1-4-20-17-8-6-5-7-15(17)13(3)19-16-11-14(18)10-9-12(16)2/h5-11,13,19H,4H2,1-3H3. The number of aryl methyl sites for hydroxylation is 1. The van der Waals surface area contributed by atoms with Gasteiger partial charge in [-0.3, -0.25) is 0 Å². The Hall–Kier alpha value is -2.03. The Morgan fingerprint density at radius 3 is 2.70 bits per heavy atom. The lowest BCUT2D eigenvalue weighted by atomic mass is 10.1. The molecule has 0 spiro atoms. The highest BCUT2D eigenvalue weighted by Crippen LogP contribution is 2.29. The van der Waals surface area contributed by atoms with E-state index < -0.39 is 0 Å². The molecule has 0 heterocycles. The zero-order valence-corrected chi connectivity index (χ0v) is 12.1. The molecule has 0 aliphatic heterocycles. The number of ether oxygens (including phenoxy) is 1. The van der Waals surface area contributed by atoms with Crippen LogP contribution < -0.4 is 10.1 Å². The van der Waals surface area contributed by atoms with Gasteiger partial charge >= 0.3 is 0 Å². The number of halogens is 1. The van der Waals surface area contributed by atoms with Gasteiger partial charge in [-0.25, -0.2) is 4.39 Å². The summed E-state index contributed by atoms with van der Waals surface area (Å²) in [5.41, 5.74) is 2.90. The van der Waals surface area contributed by atoms with Gasteiger partial charge in [0.25, 0.3) is 0 Å². The molecule has 106 valence electrons. The molecule has 0 saturated heterocycles. The van der Waals surface area contributed by atoms with Crippen molar-refractivity contribution in [3.8, 4) is 5.75 Å². The van der Waals surface area contributed by atoms with Crippen molar-refractivity contribution in [2.24, 2.45) is 0 Å². The Kier molecular flexibility index (Phi) is 4.61. The van der Waals surface area contributed by atoms with Crippen LogP contribution in [0.3, 0.4) is 0 Å². The Morgan fingerprint density at radius 1 is 1.20 bits per heavy atom. The molecule has 0 radical (unpaired) electrons. The SMILES string of the molecule is CCOc1ccccc1C(C)Nc1cc(F)ccc1C. The van der Waals surface area contributed by atoms with Gasteiger partial charge in [-0.2, -0.15) is 0 Å². The molecule has 1 atom stereocenters. The minimum absolute atomic E-state index is 0.0400. The van der Waals surface area contributed by atoms with Crippen LogP contribution >= 0.6 is 0 Å². The fourth-order valence-electron chi connectivity index (χ4n) is 2.19. The van der Waals surface area contributed by atoms with Gasteiger partial charge in [0, 0.05) is 11.3 Å². The van der Waals surface area contributed by atoms with Gasteiger partial charge in [0.2, 0.25) is 0 Å². The molecule has 0 aliphatic carbocycles. The topological polar surface area (TPSA) is 21.3 Å². The maximum absolute atomic E-state index is 13.3. The van der Waals surface area contributed by atoms with E-state index in [1.807, 2.05) is 45.0 Å². The molecular formula is C17H20FNO. The van der Waals surface area contributed by atoms with Crippen LogP contribution in [-0.2, 0) is 0 Å². The first-order valence-electron chi connectivity index (χ1n) is 6.86. The Bertz CT molecular complexity index is 583. The fraction of sp³-hybridized carbons (Fsp3) is 0.294. The van der Waals surface area contributed by atoms with Crippen LogP contribution in [0, 0.1) is 12.7 Å². The minimum Gasteiger partial charge on any atom is -0.494 e. The first-order valence-corrected chi connectivity index (χ1v) is 6.86. The smallest absolute Gasteiger partial charge is 0.125 e. The van der Waals surface area contributed by atoms with Crippen LogP contribution in [0.25, 0.3) is 0 Å². The molecule has 0 aliphatic rings. The molecule has 2 aromatic rings. The second-order valence-corrected chi connectivity index (χ2v) is 4.80. The summed E-state index contributed by atoms with van der Waals surface area (Å²) in [5, 5.41) is 3.35. The van der Waals surface area contributed by atoms with E-state index >= 15 is 0 Å². The zero-order chi connectivity index (χ0) is 14.5. The van der Waals surface area contributed by atoms with Gasteiger partial charge in [0.05, 0.1) is 12.6 Å². The number of benzene rings is 2. The molecule has 0 fully saturated rings. The van der Waals surface area contributed by atoms with Crippen LogP contribution in [-0.4, -0.2) is 6.61 Å². The monoisotopic (exact) mass is 273 g/mol. The van der Waals surface area contributed by atoms with Gasteiger partial charge in [0.1, 0.15) is 11.6 Å². The molecule has 0 saturated carbocycles. The molecule has 1 unspecified atom stereocenters. The van der Waals surface area contributed by atoms with E-state index in [-0.39, 0.29) is 11.9 Å². The van der Waals surface area contributed by atoms with Crippen LogP contribution in [0.1, 0.15) is 31.0 Å².